The van der Waals surface area contributed by atoms with Crippen molar-refractivity contribution >= 4 is 10.8 Å². The molecule has 10 atom stereocenters. The monoisotopic (exact) mass is 500 g/mol. The van der Waals surface area contributed by atoms with Crippen LogP contribution in [0.2, 0.25) is 0 Å². The first-order valence-corrected chi connectivity index (χ1v) is 10.9. The number of aliphatic hydroxyl groups excluding tert-OH is 8. The van der Waals surface area contributed by atoms with E-state index in [4.69, 9.17) is 18.9 Å². The standard InChI is InChI=1S/C22H28O13/c23-6-12-14(26)16(28)18(30)21(33-12)32-11-5-10(25)20(9-4-2-1-3-8(9)11)35-22-19(31)17(29)15(27)13(7-24)34-22/h1-5,12-19,21-31H,6-7H2/t12-,13-,14-,15-,16+,17+,18-,19-,21-,22+/m1/s1. The minimum absolute atomic E-state index is 0.0106. The number of hydrogen-bond acceptors (Lipinski definition) is 13. The molecule has 2 saturated heterocycles. The summed E-state index contributed by atoms with van der Waals surface area (Å²) in [6.45, 7) is -1.31. The zero-order valence-electron chi connectivity index (χ0n) is 18.2. The van der Waals surface area contributed by atoms with E-state index in [1.54, 1.807) is 18.2 Å². The number of rotatable bonds is 6. The van der Waals surface area contributed by atoms with Gasteiger partial charge in [0, 0.05) is 16.8 Å². The molecule has 13 nitrogen and oxygen atoms in total. The van der Waals surface area contributed by atoms with E-state index in [0.717, 1.165) is 6.07 Å². The van der Waals surface area contributed by atoms with E-state index in [2.05, 4.69) is 0 Å². The van der Waals surface area contributed by atoms with Crippen LogP contribution in [-0.4, -0.2) is 121 Å². The fourth-order valence-corrected chi connectivity index (χ4v) is 4.09. The summed E-state index contributed by atoms with van der Waals surface area (Å²) in [4.78, 5) is 0. The number of benzene rings is 2. The molecule has 2 heterocycles. The molecule has 35 heavy (non-hydrogen) atoms. The van der Waals surface area contributed by atoms with Gasteiger partial charge in [-0.25, -0.2) is 0 Å². The Bertz CT molecular complexity index is 1010. The quantitative estimate of drug-likeness (QED) is 0.192. The van der Waals surface area contributed by atoms with E-state index < -0.39 is 80.4 Å². The Morgan fingerprint density at radius 1 is 0.657 bits per heavy atom. The van der Waals surface area contributed by atoms with E-state index in [-0.39, 0.29) is 16.9 Å². The summed E-state index contributed by atoms with van der Waals surface area (Å²) in [5, 5.41) is 90.5. The van der Waals surface area contributed by atoms with Gasteiger partial charge in [0.15, 0.2) is 11.5 Å². The van der Waals surface area contributed by atoms with Crippen molar-refractivity contribution < 1.29 is 64.9 Å². The minimum Gasteiger partial charge on any atom is -0.504 e. The number of aliphatic hydroxyl groups is 8. The molecule has 13 heteroatoms. The van der Waals surface area contributed by atoms with Gasteiger partial charge >= 0.3 is 0 Å². The summed E-state index contributed by atoms with van der Waals surface area (Å²) in [6, 6.07) is 7.47. The lowest BCUT2D eigenvalue weighted by molar-refractivity contribution is -0.277. The minimum atomic E-state index is -1.71. The van der Waals surface area contributed by atoms with E-state index in [0.29, 0.717) is 5.39 Å². The molecule has 0 bridgehead atoms. The Kier molecular flexibility index (Phi) is 7.63. The number of aromatic hydroxyl groups is 1. The third kappa shape index (κ3) is 4.75. The molecule has 0 amide bonds. The molecule has 0 unspecified atom stereocenters. The Hall–Kier alpha value is -2.30. The van der Waals surface area contributed by atoms with E-state index in [1.165, 1.54) is 6.07 Å². The van der Waals surface area contributed by atoms with Crippen LogP contribution >= 0.6 is 0 Å². The van der Waals surface area contributed by atoms with Gasteiger partial charge in [-0.2, -0.15) is 0 Å². The zero-order valence-corrected chi connectivity index (χ0v) is 18.2. The van der Waals surface area contributed by atoms with Crippen molar-refractivity contribution in [3.05, 3.63) is 30.3 Å². The summed E-state index contributed by atoms with van der Waals surface area (Å²) in [5.74, 6) is -0.685. The Balaban J connectivity index is 1.65. The third-order valence-electron chi connectivity index (χ3n) is 6.11. The molecule has 0 saturated carbocycles. The van der Waals surface area contributed by atoms with Gasteiger partial charge in [0.2, 0.25) is 12.6 Å². The maximum Gasteiger partial charge on any atom is 0.229 e. The van der Waals surface area contributed by atoms with Crippen molar-refractivity contribution in [2.45, 2.75) is 61.4 Å². The average molecular weight is 500 g/mol. The fourth-order valence-electron chi connectivity index (χ4n) is 4.09. The van der Waals surface area contributed by atoms with Crippen LogP contribution in [0.4, 0.5) is 0 Å². The number of ether oxygens (including phenoxy) is 4. The average Bonchev–Trinajstić information content (AvgIpc) is 2.86. The third-order valence-corrected chi connectivity index (χ3v) is 6.11. The van der Waals surface area contributed by atoms with Crippen molar-refractivity contribution in [2.24, 2.45) is 0 Å². The first kappa shape index (κ1) is 25.8. The molecule has 9 N–H and O–H groups in total. The van der Waals surface area contributed by atoms with Gasteiger partial charge in [0.25, 0.3) is 0 Å². The second kappa shape index (κ2) is 10.4. The number of hydrogen-bond donors (Lipinski definition) is 9. The lowest BCUT2D eigenvalue weighted by Gasteiger charge is -2.40. The molecule has 4 rings (SSSR count). The van der Waals surface area contributed by atoms with Crippen molar-refractivity contribution in [3.63, 3.8) is 0 Å². The van der Waals surface area contributed by atoms with Crippen molar-refractivity contribution in [2.75, 3.05) is 13.2 Å². The SMILES string of the molecule is OC[C@H]1O[C@@H](Oc2cc(O)c(O[C@@H]3O[C@H](CO)[C@@H](O)[C@H](O)[C@H]3O)c3ccccc23)[C@H](O)[C@@H](O)[C@@H]1O. The topological polar surface area (TPSA) is 219 Å². The molecule has 2 aliphatic heterocycles. The molecule has 2 aliphatic rings. The van der Waals surface area contributed by atoms with Crippen LogP contribution in [0.1, 0.15) is 0 Å². The van der Waals surface area contributed by atoms with Crippen molar-refractivity contribution in [1.29, 1.82) is 0 Å². The molecule has 0 radical (unpaired) electrons. The highest BCUT2D eigenvalue weighted by atomic mass is 16.7. The van der Waals surface area contributed by atoms with Crippen LogP contribution in [0.15, 0.2) is 30.3 Å². The van der Waals surface area contributed by atoms with Crippen molar-refractivity contribution in [1.82, 2.24) is 0 Å². The number of phenols is 1. The summed E-state index contributed by atoms with van der Waals surface area (Å²) >= 11 is 0. The van der Waals surface area contributed by atoms with E-state index >= 15 is 0 Å². The van der Waals surface area contributed by atoms with Crippen LogP contribution in [-0.2, 0) is 9.47 Å². The van der Waals surface area contributed by atoms with Gasteiger partial charge < -0.3 is 64.9 Å². The predicted octanol–water partition coefficient (Wildman–Crippen LogP) is -3.10. The van der Waals surface area contributed by atoms with Gasteiger partial charge in [0.05, 0.1) is 13.2 Å². The molecule has 194 valence electrons. The predicted molar refractivity (Wildman–Crippen MR) is 114 cm³/mol. The molecule has 0 spiro atoms. The van der Waals surface area contributed by atoms with E-state index in [1.807, 2.05) is 0 Å². The lowest BCUT2D eigenvalue weighted by atomic mass is 9.99. The highest BCUT2D eigenvalue weighted by Gasteiger charge is 2.46. The number of fused-ring (bicyclic) bond motifs is 1. The molecule has 2 aromatic rings. The largest absolute Gasteiger partial charge is 0.504 e. The molecular weight excluding hydrogens is 472 g/mol. The first-order chi connectivity index (χ1) is 16.7. The Morgan fingerprint density at radius 3 is 1.66 bits per heavy atom. The second-order valence-corrected chi connectivity index (χ2v) is 8.40. The molecule has 2 aromatic carbocycles. The fraction of sp³-hybridized carbons (Fsp3) is 0.545. The molecule has 2 fully saturated rings. The van der Waals surface area contributed by atoms with Gasteiger partial charge in [-0.05, 0) is 0 Å². The van der Waals surface area contributed by atoms with Crippen LogP contribution in [0, 0.1) is 0 Å². The Morgan fingerprint density at radius 2 is 1.14 bits per heavy atom. The van der Waals surface area contributed by atoms with Gasteiger partial charge in [-0.1, -0.05) is 24.3 Å². The van der Waals surface area contributed by atoms with Crippen LogP contribution in [0.3, 0.4) is 0 Å². The van der Waals surface area contributed by atoms with Crippen LogP contribution in [0.5, 0.6) is 17.2 Å². The van der Waals surface area contributed by atoms with Gasteiger partial charge in [0.1, 0.15) is 54.6 Å². The van der Waals surface area contributed by atoms with E-state index in [9.17, 15) is 46.0 Å². The molecular formula is C22H28O13. The first-order valence-electron chi connectivity index (χ1n) is 10.9. The second-order valence-electron chi connectivity index (χ2n) is 8.40. The summed E-state index contributed by atoms with van der Waals surface area (Å²) in [5.41, 5.74) is 0. The van der Waals surface area contributed by atoms with Crippen molar-refractivity contribution in [3.8, 4) is 17.2 Å². The molecule has 0 aromatic heterocycles. The van der Waals surface area contributed by atoms with Crippen LogP contribution in [0.25, 0.3) is 10.8 Å². The zero-order chi connectivity index (χ0) is 25.4. The highest BCUT2D eigenvalue weighted by molar-refractivity contribution is 5.95. The number of phenolic OH excluding ortho intramolecular Hbond substituents is 1. The molecule has 0 aliphatic carbocycles. The smallest absolute Gasteiger partial charge is 0.229 e. The van der Waals surface area contributed by atoms with Gasteiger partial charge in [-0.3, -0.25) is 0 Å². The summed E-state index contributed by atoms with van der Waals surface area (Å²) in [6.07, 6.45) is -15.4. The summed E-state index contributed by atoms with van der Waals surface area (Å²) in [7, 11) is 0. The highest BCUT2D eigenvalue weighted by Crippen LogP contribution is 2.43. The van der Waals surface area contributed by atoms with Gasteiger partial charge in [-0.15, -0.1) is 0 Å². The van der Waals surface area contributed by atoms with Crippen LogP contribution < -0.4 is 9.47 Å². The Labute approximate surface area is 198 Å². The maximum atomic E-state index is 10.7. The summed E-state index contributed by atoms with van der Waals surface area (Å²) < 4.78 is 22.0. The lowest BCUT2D eigenvalue weighted by Crippen LogP contribution is -2.60. The maximum absolute atomic E-state index is 10.7. The normalized spacial score (nSPS) is 37.8.